The van der Waals surface area contributed by atoms with Crippen molar-refractivity contribution in [1.29, 1.82) is 0 Å². The molecular weight excluding hydrogens is 288 g/mol. The molecule has 0 saturated carbocycles. The molecule has 18 heavy (non-hydrogen) atoms. The van der Waals surface area contributed by atoms with Crippen molar-refractivity contribution in [2.24, 2.45) is 0 Å². The average Bonchev–Trinajstić information content (AvgIpc) is 3.02. The molecule has 0 amide bonds. The van der Waals surface area contributed by atoms with Crippen LogP contribution in [0.3, 0.4) is 0 Å². The van der Waals surface area contributed by atoms with Gasteiger partial charge in [0.15, 0.2) is 0 Å². The number of aromatic amines is 2. The van der Waals surface area contributed by atoms with Crippen LogP contribution in [0.25, 0.3) is 0 Å². The van der Waals surface area contributed by atoms with E-state index in [-0.39, 0.29) is 5.92 Å². The van der Waals surface area contributed by atoms with Crippen LogP contribution in [-0.4, -0.2) is 9.97 Å². The van der Waals surface area contributed by atoms with Crippen LogP contribution >= 0.6 is 15.9 Å². The van der Waals surface area contributed by atoms with E-state index in [1.165, 1.54) is 17.0 Å². The Labute approximate surface area is 114 Å². The quantitative estimate of drug-likeness (QED) is 0.723. The molecule has 0 unspecified atom stereocenters. The first-order valence-corrected chi connectivity index (χ1v) is 6.66. The third-order valence-corrected chi connectivity index (χ3v) is 3.54. The summed E-state index contributed by atoms with van der Waals surface area (Å²) >= 11 is 3.54. The fourth-order valence-corrected chi connectivity index (χ4v) is 2.68. The Kier molecular flexibility index (Phi) is 3.07. The van der Waals surface area contributed by atoms with Crippen molar-refractivity contribution in [3.8, 4) is 0 Å². The summed E-state index contributed by atoms with van der Waals surface area (Å²) in [7, 11) is 0. The van der Waals surface area contributed by atoms with Gasteiger partial charge in [-0.3, -0.25) is 0 Å². The predicted molar refractivity (Wildman–Crippen MR) is 76.7 cm³/mol. The average molecular weight is 301 g/mol. The van der Waals surface area contributed by atoms with Gasteiger partial charge >= 0.3 is 0 Å². The van der Waals surface area contributed by atoms with E-state index in [0.717, 1.165) is 4.47 Å². The summed E-state index contributed by atoms with van der Waals surface area (Å²) in [6.07, 6.45) is 3.92. The second-order valence-electron chi connectivity index (χ2n) is 4.24. The summed E-state index contributed by atoms with van der Waals surface area (Å²) < 4.78 is 1.10. The molecule has 3 rings (SSSR count). The van der Waals surface area contributed by atoms with Crippen molar-refractivity contribution < 1.29 is 0 Å². The van der Waals surface area contributed by atoms with E-state index < -0.39 is 0 Å². The lowest BCUT2D eigenvalue weighted by atomic mass is 9.93. The number of nitrogens with one attached hydrogen (secondary N) is 2. The zero-order valence-corrected chi connectivity index (χ0v) is 11.3. The van der Waals surface area contributed by atoms with Crippen LogP contribution in [0.2, 0.25) is 0 Å². The first kappa shape index (κ1) is 11.4. The topological polar surface area (TPSA) is 31.6 Å². The maximum Gasteiger partial charge on any atom is 0.0641 e. The minimum Gasteiger partial charge on any atom is -0.364 e. The second-order valence-corrected chi connectivity index (χ2v) is 5.15. The van der Waals surface area contributed by atoms with Crippen LogP contribution in [0.4, 0.5) is 0 Å². The third-order valence-electron chi connectivity index (χ3n) is 3.05. The molecule has 0 aliphatic carbocycles. The molecule has 2 aromatic heterocycles. The SMILES string of the molecule is Brc1cccc(C(c2ccc[nH]2)c2ccc[nH]2)c1. The van der Waals surface area contributed by atoms with Crippen molar-refractivity contribution in [3.63, 3.8) is 0 Å². The summed E-state index contributed by atoms with van der Waals surface area (Å²) in [5, 5.41) is 0. The number of benzene rings is 1. The lowest BCUT2D eigenvalue weighted by molar-refractivity contribution is 0.897. The van der Waals surface area contributed by atoms with Crippen LogP contribution in [0, 0.1) is 0 Å². The zero-order valence-electron chi connectivity index (χ0n) is 9.73. The monoisotopic (exact) mass is 300 g/mol. The highest BCUT2D eigenvalue weighted by Gasteiger charge is 2.18. The standard InChI is InChI=1S/C15H13BrN2/c16-12-5-1-4-11(10-12)15(13-6-2-8-17-13)14-7-3-9-18-14/h1-10,15,17-18H. The van der Waals surface area contributed by atoms with Crippen LogP contribution < -0.4 is 0 Å². The van der Waals surface area contributed by atoms with Crippen LogP contribution in [0.5, 0.6) is 0 Å². The molecule has 2 nitrogen and oxygen atoms in total. The zero-order chi connectivity index (χ0) is 12.4. The van der Waals surface area contributed by atoms with Gasteiger partial charge in [-0.1, -0.05) is 28.1 Å². The minimum absolute atomic E-state index is 0.215. The molecule has 3 heteroatoms. The predicted octanol–water partition coefficient (Wildman–Crippen LogP) is 4.29. The summed E-state index contributed by atoms with van der Waals surface area (Å²) in [6.45, 7) is 0. The van der Waals surface area contributed by atoms with Crippen LogP contribution in [-0.2, 0) is 0 Å². The van der Waals surface area contributed by atoms with Gasteiger partial charge in [0.2, 0.25) is 0 Å². The number of aromatic nitrogens is 2. The highest BCUT2D eigenvalue weighted by molar-refractivity contribution is 9.10. The van der Waals surface area contributed by atoms with Crippen LogP contribution in [0.1, 0.15) is 22.9 Å². The largest absolute Gasteiger partial charge is 0.364 e. The van der Waals surface area contributed by atoms with Gasteiger partial charge < -0.3 is 9.97 Å². The highest BCUT2D eigenvalue weighted by atomic mass is 79.9. The molecule has 0 aliphatic rings. The molecule has 0 atom stereocenters. The Morgan fingerprint density at radius 3 is 2.00 bits per heavy atom. The van der Waals surface area contributed by atoms with Crippen molar-refractivity contribution in [1.82, 2.24) is 9.97 Å². The normalized spacial score (nSPS) is 11.0. The van der Waals surface area contributed by atoms with Crippen molar-refractivity contribution in [3.05, 3.63) is 82.3 Å². The molecule has 3 aromatic rings. The van der Waals surface area contributed by atoms with Gasteiger partial charge in [0.25, 0.3) is 0 Å². The van der Waals surface area contributed by atoms with E-state index in [0.29, 0.717) is 0 Å². The summed E-state index contributed by atoms with van der Waals surface area (Å²) in [5.74, 6) is 0.215. The molecule has 0 saturated heterocycles. The number of H-pyrrole nitrogens is 2. The van der Waals surface area contributed by atoms with Gasteiger partial charge in [-0.05, 0) is 42.0 Å². The van der Waals surface area contributed by atoms with Crippen molar-refractivity contribution in [2.45, 2.75) is 5.92 Å². The first-order chi connectivity index (χ1) is 8.84. The van der Waals surface area contributed by atoms with Gasteiger partial charge in [0.1, 0.15) is 0 Å². The smallest absolute Gasteiger partial charge is 0.0641 e. The summed E-state index contributed by atoms with van der Waals surface area (Å²) in [5.41, 5.74) is 3.64. The Balaban J connectivity index is 2.11. The van der Waals surface area contributed by atoms with Gasteiger partial charge in [-0.15, -0.1) is 0 Å². The van der Waals surface area contributed by atoms with Crippen molar-refractivity contribution >= 4 is 15.9 Å². The van der Waals surface area contributed by atoms with E-state index in [2.05, 4.69) is 56.2 Å². The Morgan fingerprint density at radius 1 is 0.833 bits per heavy atom. The Hall–Kier alpha value is -1.74. The van der Waals surface area contributed by atoms with Crippen molar-refractivity contribution in [2.75, 3.05) is 0 Å². The van der Waals surface area contributed by atoms with E-state index in [4.69, 9.17) is 0 Å². The number of rotatable bonds is 3. The molecule has 0 fully saturated rings. The molecular formula is C15H13BrN2. The van der Waals surface area contributed by atoms with Gasteiger partial charge in [0.05, 0.1) is 5.92 Å². The van der Waals surface area contributed by atoms with E-state index in [1.54, 1.807) is 0 Å². The maximum absolute atomic E-state index is 3.54. The molecule has 2 N–H and O–H groups in total. The Morgan fingerprint density at radius 2 is 1.50 bits per heavy atom. The first-order valence-electron chi connectivity index (χ1n) is 5.86. The third kappa shape index (κ3) is 2.14. The molecule has 0 bridgehead atoms. The lowest BCUT2D eigenvalue weighted by Gasteiger charge is -2.15. The van der Waals surface area contributed by atoms with E-state index in [1.807, 2.05) is 30.6 Å². The molecule has 1 aromatic carbocycles. The second kappa shape index (κ2) is 4.86. The fraction of sp³-hybridized carbons (Fsp3) is 0.0667. The molecule has 0 aliphatic heterocycles. The summed E-state index contributed by atoms with van der Waals surface area (Å²) in [6, 6.07) is 16.7. The van der Waals surface area contributed by atoms with E-state index >= 15 is 0 Å². The Bertz CT molecular complexity index is 578. The highest BCUT2D eigenvalue weighted by Crippen LogP contribution is 2.31. The number of hydrogen-bond acceptors (Lipinski definition) is 0. The van der Waals surface area contributed by atoms with Gasteiger partial charge in [-0.2, -0.15) is 0 Å². The van der Waals surface area contributed by atoms with Crippen LogP contribution in [0.15, 0.2) is 65.4 Å². The number of halogens is 1. The molecule has 90 valence electrons. The number of hydrogen-bond donors (Lipinski definition) is 2. The molecule has 2 heterocycles. The minimum atomic E-state index is 0.215. The van der Waals surface area contributed by atoms with Gasteiger partial charge in [0, 0.05) is 28.3 Å². The lowest BCUT2D eigenvalue weighted by Crippen LogP contribution is -2.04. The summed E-state index contributed by atoms with van der Waals surface area (Å²) in [4.78, 5) is 6.62. The van der Waals surface area contributed by atoms with E-state index in [9.17, 15) is 0 Å². The molecule has 0 radical (unpaired) electrons. The molecule has 0 spiro atoms. The maximum atomic E-state index is 3.54. The fourth-order valence-electron chi connectivity index (χ4n) is 2.26. The van der Waals surface area contributed by atoms with Gasteiger partial charge in [-0.25, -0.2) is 0 Å².